The molecule has 1 aliphatic rings. The molecule has 0 N–H and O–H groups in total. The van der Waals surface area contributed by atoms with Crippen LogP contribution in [0.3, 0.4) is 0 Å². The van der Waals surface area contributed by atoms with Crippen molar-refractivity contribution in [3.8, 4) is 10.9 Å². The predicted molar refractivity (Wildman–Crippen MR) is 101 cm³/mol. The standard InChI is InChI=1S/C19H20N4O2S/c24-14-23-9-1-8-22(10-11-23)13-15-2-4-16(5-3-15)25-19-21-17-6-7-20-12-18(17)26-19/h2-7,12,14H,1,8-11,13H2. The fourth-order valence-electron chi connectivity index (χ4n) is 3.08. The Hall–Kier alpha value is -2.51. The molecule has 0 saturated carbocycles. The highest BCUT2D eigenvalue weighted by molar-refractivity contribution is 7.20. The van der Waals surface area contributed by atoms with Crippen LogP contribution < -0.4 is 4.74 Å². The van der Waals surface area contributed by atoms with Crippen molar-refractivity contribution in [3.63, 3.8) is 0 Å². The molecule has 3 heterocycles. The maximum absolute atomic E-state index is 10.9. The van der Waals surface area contributed by atoms with E-state index in [1.807, 2.05) is 23.1 Å². The molecule has 0 aliphatic carbocycles. The first-order valence-corrected chi connectivity index (χ1v) is 9.51. The maximum atomic E-state index is 10.9. The zero-order valence-electron chi connectivity index (χ0n) is 14.4. The van der Waals surface area contributed by atoms with Crippen molar-refractivity contribution in [3.05, 3.63) is 48.3 Å². The number of aromatic nitrogens is 2. The molecule has 1 amide bonds. The maximum Gasteiger partial charge on any atom is 0.279 e. The number of carbonyl (C=O) groups excluding carboxylic acids is 1. The number of nitrogens with zero attached hydrogens (tertiary/aromatic N) is 4. The van der Waals surface area contributed by atoms with Gasteiger partial charge in [0.25, 0.3) is 5.19 Å². The Balaban J connectivity index is 1.38. The van der Waals surface area contributed by atoms with E-state index in [2.05, 4.69) is 27.0 Å². The molecule has 0 unspecified atom stereocenters. The molecule has 7 heteroatoms. The minimum atomic E-state index is 0.627. The summed E-state index contributed by atoms with van der Waals surface area (Å²) < 4.78 is 6.90. The van der Waals surface area contributed by atoms with Crippen molar-refractivity contribution in [2.45, 2.75) is 13.0 Å². The summed E-state index contributed by atoms with van der Waals surface area (Å²) in [4.78, 5) is 23.7. The van der Waals surface area contributed by atoms with Gasteiger partial charge >= 0.3 is 0 Å². The zero-order chi connectivity index (χ0) is 17.8. The van der Waals surface area contributed by atoms with Gasteiger partial charge in [-0.3, -0.25) is 14.7 Å². The molecule has 1 saturated heterocycles. The van der Waals surface area contributed by atoms with Crippen molar-refractivity contribution in [1.82, 2.24) is 19.8 Å². The molecule has 0 radical (unpaired) electrons. The van der Waals surface area contributed by atoms with Crippen LogP contribution in [-0.2, 0) is 11.3 Å². The lowest BCUT2D eigenvalue weighted by atomic mass is 10.2. The average Bonchev–Trinajstić information content (AvgIpc) is 2.93. The van der Waals surface area contributed by atoms with Gasteiger partial charge in [0.15, 0.2) is 0 Å². The van der Waals surface area contributed by atoms with Crippen LogP contribution in [-0.4, -0.2) is 52.4 Å². The monoisotopic (exact) mass is 368 g/mol. The van der Waals surface area contributed by atoms with E-state index in [1.54, 1.807) is 12.4 Å². The second-order valence-electron chi connectivity index (χ2n) is 6.34. The van der Waals surface area contributed by atoms with Crippen LogP contribution >= 0.6 is 11.3 Å². The zero-order valence-corrected chi connectivity index (χ0v) is 15.2. The first-order valence-electron chi connectivity index (χ1n) is 8.69. The third-order valence-electron chi connectivity index (χ3n) is 4.48. The Labute approximate surface area is 156 Å². The molecule has 134 valence electrons. The topological polar surface area (TPSA) is 58.6 Å². The van der Waals surface area contributed by atoms with Crippen molar-refractivity contribution >= 4 is 28.0 Å². The van der Waals surface area contributed by atoms with Gasteiger partial charge in [0.05, 0.1) is 10.2 Å². The quantitative estimate of drug-likeness (QED) is 0.648. The number of thiazole rings is 1. The van der Waals surface area contributed by atoms with E-state index in [0.29, 0.717) is 5.19 Å². The van der Waals surface area contributed by atoms with Gasteiger partial charge in [0.2, 0.25) is 6.41 Å². The number of benzene rings is 1. The van der Waals surface area contributed by atoms with Gasteiger partial charge in [0, 0.05) is 45.1 Å². The van der Waals surface area contributed by atoms with Crippen LogP contribution in [0.2, 0.25) is 0 Å². The number of carbonyl (C=O) groups is 1. The Bertz CT molecular complexity index is 848. The summed E-state index contributed by atoms with van der Waals surface area (Å²) in [5, 5.41) is 0.627. The SMILES string of the molecule is O=CN1CCCN(Cc2ccc(Oc3nc4ccncc4s3)cc2)CC1. The average molecular weight is 368 g/mol. The van der Waals surface area contributed by atoms with Crippen LogP contribution in [0, 0.1) is 0 Å². The molecule has 0 atom stereocenters. The third-order valence-corrected chi connectivity index (χ3v) is 5.36. The lowest BCUT2D eigenvalue weighted by Gasteiger charge is -2.20. The van der Waals surface area contributed by atoms with E-state index in [4.69, 9.17) is 4.74 Å². The highest BCUT2D eigenvalue weighted by atomic mass is 32.1. The minimum absolute atomic E-state index is 0.627. The number of rotatable bonds is 5. The van der Waals surface area contributed by atoms with Crippen molar-refractivity contribution < 1.29 is 9.53 Å². The normalized spacial score (nSPS) is 15.8. The van der Waals surface area contributed by atoms with Crippen LogP contribution in [0.15, 0.2) is 42.7 Å². The van der Waals surface area contributed by atoms with Crippen molar-refractivity contribution in [2.75, 3.05) is 26.2 Å². The largest absolute Gasteiger partial charge is 0.431 e. The lowest BCUT2D eigenvalue weighted by molar-refractivity contribution is -0.118. The number of amides is 1. The predicted octanol–water partition coefficient (Wildman–Crippen LogP) is 3.15. The summed E-state index contributed by atoms with van der Waals surface area (Å²) in [5.41, 5.74) is 2.15. The number of ether oxygens (including phenoxy) is 1. The first kappa shape index (κ1) is 16.9. The number of pyridine rings is 1. The summed E-state index contributed by atoms with van der Waals surface area (Å²) in [6.45, 7) is 4.47. The molecule has 4 rings (SSSR count). The van der Waals surface area contributed by atoms with Crippen molar-refractivity contribution in [1.29, 1.82) is 0 Å². The van der Waals surface area contributed by atoms with Crippen LogP contribution in [0.25, 0.3) is 10.2 Å². The number of hydrogen-bond donors (Lipinski definition) is 0. The minimum Gasteiger partial charge on any atom is -0.431 e. The van der Waals surface area contributed by atoms with Crippen LogP contribution in [0.5, 0.6) is 10.9 Å². The summed E-state index contributed by atoms with van der Waals surface area (Å²) in [5.74, 6) is 0.781. The van der Waals surface area contributed by atoms with Crippen LogP contribution in [0.4, 0.5) is 0 Å². The fourth-order valence-corrected chi connectivity index (χ4v) is 3.88. The van der Waals surface area contributed by atoms with E-state index >= 15 is 0 Å². The van der Waals surface area contributed by atoms with Gasteiger partial charge in [-0.15, -0.1) is 0 Å². The number of hydrogen-bond acceptors (Lipinski definition) is 6. The van der Waals surface area contributed by atoms with Gasteiger partial charge in [-0.25, -0.2) is 4.98 Å². The third kappa shape index (κ3) is 4.00. The molecule has 26 heavy (non-hydrogen) atoms. The second kappa shape index (κ2) is 7.80. The van der Waals surface area contributed by atoms with Crippen LogP contribution in [0.1, 0.15) is 12.0 Å². The van der Waals surface area contributed by atoms with E-state index < -0.39 is 0 Å². The molecule has 0 spiro atoms. The molecule has 1 aliphatic heterocycles. The van der Waals surface area contributed by atoms with E-state index in [0.717, 1.165) is 61.5 Å². The van der Waals surface area contributed by atoms with E-state index in [9.17, 15) is 4.79 Å². The van der Waals surface area contributed by atoms with Gasteiger partial charge in [-0.05, 0) is 30.2 Å². The summed E-state index contributed by atoms with van der Waals surface area (Å²) in [6, 6.07) is 10.0. The van der Waals surface area contributed by atoms with Gasteiger partial charge in [-0.2, -0.15) is 0 Å². The smallest absolute Gasteiger partial charge is 0.279 e. The second-order valence-corrected chi connectivity index (χ2v) is 7.33. The van der Waals surface area contributed by atoms with E-state index in [-0.39, 0.29) is 0 Å². The highest BCUT2D eigenvalue weighted by Crippen LogP contribution is 2.30. The van der Waals surface area contributed by atoms with Gasteiger partial charge in [-0.1, -0.05) is 23.5 Å². The molecule has 1 aromatic carbocycles. The highest BCUT2D eigenvalue weighted by Gasteiger charge is 2.13. The number of fused-ring (bicyclic) bond motifs is 1. The summed E-state index contributed by atoms with van der Waals surface area (Å²) in [6.07, 6.45) is 5.51. The van der Waals surface area contributed by atoms with Gasteiger partial charge < -0.3 is 9.64 Å². The molecule has 6 nitrogen and oxygen atoms in total. The molecule has 3 aromatic rings. The lowest BCUT2D eigenvalue weighted by Crippen LogP contribution is -2.29. The van der Waals surface area contributed by atoms with E-state index in [1.165, 1.54) is 16.9 Å². The summed E-state index contributed by atoms with van der Waals surface area (Å²) in [7, 11) is 0. The fraction of sp³-hybridized carbons (Fsp3) is 0.316. The van der Waals surface area contributed by atoms with Crippen molar-refractivity contribution in [2.24, 2.45) is 0 Å². The Morgan fingerprint density at radius 1 is 1.12 bits per heavy atom. The Morgan fingerprint density at radius 3 is 2.81 bits per heavy atom. The molecule has 0 bridgehead atoms. The molecule has 2 aromatic heterocycles. The molecular formula is C19H20N4O2S. The summed E-state index contributed by atoms with van der Waals surface area (Å²) >= 11 is 1.49. The Kier molecular flexibility index (Phi) is 5.08. The first-order chi connectivity index (χ1) is 12.8. The van der Waals surface area contributed by atoms with Gasteiger partial charge in [0.1, 0.15) is 5.75 Å². The Morgan fingerprint density at radius 2 is 2.00 bits per heavy atom. The molecule has 1 fully saturated rings. The molecular weight excluding hydrogens is 348 g/mol.